The number of carbonyl (C=O) groups excluding carboxylic acids is 4. The summed E-state index contributed by atoms with van der Waals surface area (Å²) in [5, 5.41) is 18.2. The fraction of sp³-hybridized carbons (Fsp3) is 0.935. The second-order valence-corrected chi connectivity index (χ2v) is 27.8. The maximum absolute atomic E-state index is 13.8. The molecule has 8 fully saturated rings. The highest BCUT2D eigenvalue weighted by Crippen LogP contribution is 2.76. The van der Waals surface area contributed by atoms with E-state index in [1.807, 2.05) is 0 Å². The zero-order valence-electron chi connectivity index (χ0n) is 46.5. The highest BCUT2D eigenvalue weighted by atomic mass is 16.6. The van der Waals surface area contributed by atoms with Gasteiger partial charge in [0, 0.05) is 36.9 Å². The average Bonchev–Trinajstić information content (AvgIpc) is 3.66. The van der Waals surface area contributed by atoms with Gasteiger partial charge in [-0.05, 0) is 213 Å². The molecule has 410 valence electrons. The van der Waals surface area contributed by atoms with Gasteiger partial charge in [-0.1, -0.05) is 79.1 Å². The summed E-state index contributed by atoms with van der Waals surface area (Å²) in [5.74, 6) is 1.65. The van der Waals surface area contributed by atoms with E-state index >= 15 is 0 Å². The number of fused-ring (bicyclic) bond motifs is 6. The first-order chi connectivity index (χ1) is 34.4. The summed E-state index contributed by atoms with van der Waals surface area (Å²) < 4.78 is 24.9. The highest BCUT2D eigenvalue weighted by Gasteiger charge is 2.71. The lowest BCUT2D eigenvalue weighted by Gasteiger charge is -2.64. The fourth-order valence-corrected chi connectivity index (χ4v) is 19.7. The van der Waals surface area contributed by atoms with Crippen LogP contribution in [0.25, 0.3) is 0 Å². The first-order valence-electron chi connectivity index (χ1n) is 30.3. The number of hydrogen-bond acceptors (Lipinski definition) is 10. The molecule has 0 aliphatic heterocycles. The van der Waals surface area contributed by atoms with Crippen molar-refractivity contribution in [3.05, 3.63) is 0 Å². The Labute approximate surface area is 436 Å². The molecular formula is C62H102O10. The second kappa shape index (κ2) is 22.8. The number of unbranched alkanes of at least 4 members (excludes halogenated alkanes) is 11. The molecule has 8 saturated carbocycles. The van der Waals surface area contributed by atoms with Gasteiger partial charge in [-0.25, -0.2) is 0 Å². The van der Waals surface area contributed by atoms with Gasteiger partial charge in [0.1, 0.15) is 12.2 Å². The molecule has 10 heteroatoms. The van der Waals surface area contributed by atoms with E-state index in [0.29, 0.717) is 49.7 Å². The first kappa shape index (κ1) is 56.0. The Morgan fingerprint density at radius 2 is 0.792 bits per heavy atom. The van der Waals surface area contributed by atoms with Gasteiger partial charge in [0.15, 0.2) is 0 Å². The molecule has 0 radical (unpaired) electrons. The summed E-state index contributed by atoms with van der Waals surface area (Å²) in [4.78, 5) is 54.5. The molecule has 2 N–H and O–H groups in total. The first-order valence-corrected chi connectivity index (χ1v) is 30.3. The van der Waals surface area contributed by atoms with Crippen LogP contribution in [0.2, 0.25) is 0 Å². The Morgan fingerprint density at radius 3 is 1.19 bits per heavy atom. The van der Waals surface area contributed by atoms with Gasteiger partial charge in [-0.15, -0.1) is 0 Å². The number of aliphatic hydroxyl groups is 2. The van der Waals surface area contributed by atoms with E-state index in [9.17, 15) is 19.2 Å². The van der Waals surface area contributed by atoms with Crippen LogP contribution in [0.5, 0.6) is 0 Å². The summed E-state index contributed by atoms with van der Waals surface area (Å²) in [5.41, 5.74) is -0.312. The molecule has 72 heavy (non-hydrogen) atoms. The van der Waals surface area contributed by atoms with E-state index < -0.39 is 10.8 Å². The molecule has 4 bridgehead atoms. The number of carbonyl (C=O) groups is 4. The van der Waals surface area contributed by atoms with Crippen molar-refractivity contribution in [2.45, 2.75) is 272 Å². The lowest BCUT2D eigenvalue weighted by Crippen LogP contribution is -2.58. The molecule has 0 saturated heterocycles. The van der Waals surface area contributed by atoms with Crippen molar-refractivity contribution in [3.63, 3.8) is 0 Å². The number of hydrogen-bond donors (Lipinski definition) is 2. The van der Waals surface area contributed by atoms with Crippen molar-refractivity contribution >= 4 is 23.9 Å². The van der Waals surface area contributed by atoms with Crippen LogP contribution in [-0.2, 0) is 38.1 Å². The van der Waals surface area contributed by atoms with Crippen molar-refractivity contribution in [1.82, 2.24) is 0 Å². The lowest BCUT2D eigenvalue weighted by molar-refractivity contribution is -0.188. The van der Waals surface area contributed by atoms with Gasteiger partial charge >= 0.3 is 23.9 Å². The third-order valence-electron chi connectivity index (χ3n) is 23.2. The highest BCUT2D eigenvalue weighted by molar-refractivity contribution is 5.78. The molecule has 2 spiro atoms. The number of aliphatic hydroxyl groups excluding tert-OH is 2. The molecule has 0 aromatic carbocycles. The summed E-state index contributed by atoms with van der Waals surface area (Å²) in [6.07, 6.45) is 33.1. The molecule has 0 heterocycles. The van der Waals surface area contributed by atoms with E-state index in [-0.39, 0.29) is 81.8 Å². The van der Waals surface area contributed by atoms with E-state index in [0.717, 1.165) is 193 Å². The maximum Gasteiger partial charge on any atom is 0.312 e. The Balaban J connectivity index is 0.728. The van der Waals surface area contributed by atoms with Crippen LogP contribution in [0.15, 0.2) is 0 Å². The zero-order valence-corrected chi connectivity index (χ0v) is 46.5. The summed E-state index contributed by atoms with van der Waals surface area (Å²) in [6, 6.07) is 0. The standard InChI is InChI=1S/C62H102O10/c1-55-33-25-47-57(3)29-21-31-59(5,53(67)69-39-19-13-11-17-37-63)45(57)27-35-61(47,43-55)41-49(55)71-51(65)23-15-9-7-8-10-16-24-52(66)72-50-42-62-36-28-46-58(4,48(62)26-34-56(50,2)44-62)30-22-32-60(46,6)54(68)70-40-20-14-12-18-38-64/h45-50,63-64H,7-44H2,1-6H3/t45-,46-,47-,48-,49?,50?,55-,56-,57+,58+,59+,60+,61-,62-/m0/s1. The molecule has 14 atom stereocenters. The molecule has 10 nitrogen and oxygen atoms in total. The monoisotopic (exact) mass is 1010 g/mol. The van der Waals surface area contributed by atoms with Crippen LogP contribution in [0.4, 0.5) is 0 Å². The van der Waals surface area contributed by atoms with Crippen LogP contribution < -0.4 is 0 Å². The third-order valence-corrected chi connectivity index (χ3v) is 23.2. The largest absolute Gasteiger partial charge is 0.465 e. The van der Waals surface area contributed by atoms with Crippen LogP contribution in [0.1, 0.15) is 260 Å². The van der Waals surface area contributed by atoms with Gasteiger partial charge in [-0.3, -0.25) is 19.2 Å². The topological polar surface area (TPSA) is 146 Å². The molecule has 8 aliphatic carbocycles. The van der Waals surface area contributed by atoms with Crippen molar-refractivity contribution in [3.8, 4) is 0 Å². The van der Waals surface area contributed by atoms with Crippen molar-refractivity contribution in [2.75, 3.05) is 26.4 Å². The SMILES string of the molecule is C[C@@]12CC[C@@H]3[C@@](CC[C@H]4[C@@]3(C)CCC[C@@]4(C)C(=O)OCCCCCCO)(CC1OC(=O)CCCCCCCCC(=O)OC1C[C@]34CC[C@H]5[C@@](C)(CCC[C@@]5(C)C(=O)OCCCCCCO)[C@@H]3CC[C@@]1(C)C4)C2. The van der Waals surface area contributed by atoms with E-state index in [1.54, 1.807) is 0 Å². The molecule has 8 rings (SSSR count). The number of rotatable bonds is 25. The van der Waals surface area contributed by atoms with Gasteiger partial charge in [0.05, 0.1) is 24.0 Å². The van der Waals surface area contributed by atoms with Crippen molar-refractivity contribution in [1.29, 1.82) is 0 Å². The normalized spacial score (nSPS) is 41.6. The minimum absolute atomic E-state index is 0.00163. The Kier molecular flexibility index (Phi) is 17.7. The molecule has 0 aromatic rings. The summed E-state index contributed by atoms with van der Waals surface area (Å²) in [7, 11) is 0. The van der Waals surface area contributed by atoms with Crippen LogP contribution >= 0.6 is 0 Å². The maximum atomic E-state index is 13.8. The lowest BCUT2D eigenvalue weighted by atomic mass is 9.40. The van der Waals surface area contributed by atoms with Crippen LogP contribution in [-0.4, -0.2) is 72.7 Å². The predicted molar refractivity (Wildman–Crippen MR) is 280 cm³/mol. The van der Waals surface area contributed by atoms with Gasteiger partial charge in [0.25, 0.3) is 0 Å². The molecule has 8 aliphatic rings. The quantitative estimate of drug-likeness (QED) is 0.0515. The molecule has 0 amide bonds. The number of esters is 4. The Bertz CT molecular complexity index is 1750. The number of ether oxygens (including phenoxy) is 4. The summed E-state index contributed by atoms with van der Waals surface area (Å²) >= 11 is 0. The minimum Gasteiger partial charge on any atom is -0.465 e. The minimum atomic E-state index is -0.447. The third kappa shape index (κ3) is 10.9. The summed E-state index contributed by atoms with van der Waals surface area (Å²) in [6.45, 7) is 15.5. The predicted octanol–water partition coefficient (Wildman–Crippen LogP) is 13.7. The Hall–Kier alpha value is -2.20. The van der Waals surface area contributed by atoms with E-state index in [1.165, 1.54) is 12.8 Å². The van der Waals surface area contributed by atoms with Crippen LogP contribution in [0, 0.1) is 67.0 Å². The van der Waals surface area contributed by atoms with Gasteiger partial charge in [-0.2, -0.15) is 0 Å². The van der Waals surface area contributed by atoms with E-state index in [2.05, 4.69) is 41.5 Å². The second-order valence-electron chi connectivity index (χ2n) is 27.8. The zero-order chi connectivity index (χ0) is 51.5. The average molecular weight is 1010 g/mol. The molecule has 0 aromatic heterocycles. The van der Waals surface area contributed by atoms with Crippen LogP contribution in [0.3, 0.4) is 0 Å². The van der Waals surface area contributed by atoms with E-state index in [4.69, 9.17) is 29.2 Å². The molecule has 2 unspecified atom stereocenters. The fourth-order valence-electron chi connectivity index (χ4n) is 19.7. The smallest absolute Gasteiger partial charge is 0.312 e. The van der Waals surface area contributed by atoms with Gasteiger partial charge in [0.2, 0.25) is 0 Å². The van der Waals surface area contributed by atoms with Gasteiger partial charge < -0.3 is 29.2 Å². The Morgan fingerprint density at radius 1 is 0.431 bits per heavy atom. The molecular weight excluding hydrogens is 905 g/mol. The van der Waals surface area contributed by atoms with Crippen molar-refractivity contribution in [2.24, 2.45) is 67.0 Å². The van der Waals surface area contributed by atoms with Crippen molar-refractivity contribution < 1.29 is 48.3 Å².